The summed E-state index contributed by atoms with van der Waals surface area (Å²) in [6, 6.07) is 3.42. The molecule has 1 aromatic carbocycles. The van der Waals surface area contributed by atoms with E-state index in [1.54, 1.807) is 13.8 Å². The van der Waals surface area contributed by atoms with Crippen molar-refractivity contribution < 1.29 is 18.7 Å². The smallest absolute Gasteiger partial charge is 0.309 e. The predicted octanol–water partition coefficient (Wildman–Crippen LogP) is 3.96. The maximum Gasteiger partial charge on any atom is 0.309 e. The van der Waals surface area contributed by atoms with E-state index in [-0.39, 0.29) is 5.92 Å². The molecule has 1 aromatic rings. The monoisotopic (exact) mass is 256 g/mol. The van der Waals surface area contributed by atoms with Gasteiger partial charge in [0.2, 0.25) is 0 Å². The van der Waals surface area contributed by atoms with E-state index in [9.17, 15) is 13.6 Å². The van der Waals surface area contributed by atoms with Crippen molar-refractivity contribution >= 4 is 5.97 Å². The molecule has 0 saturated carbocycles. The van der Waals surface area contributed by atoms with Crippen molar-refractivity contribution in [2.24, 2.45) is 5.41 Å². The maximum atomic E-state index is 13.1. The first-order valence-electron chi connectivity index (χ1n) is 5.92. The third-order valence-electron chi connectivity index (χ3n) is 3.24. The zero-order chi connectivity index (χ0) is 13.9. The fourth-order valence-corrected chi connectivity index (χ4v) is 1.71. The number of halogens is 2. The van der Waals surface area contributed by atoms with Crippen LogP contribution in [0.3, 0.4) is 0 Å². The van der Waals surface area contributed by atoms with Gasteiger partial charge in [0, 0.05) is 6.07 Å². The molecular formula is C14H18F2O2. The molecule has 0 spiro atoms. The highest BCUT2D eigenvalue weighted by Gasteiger charge is 2.27. The fourth-order valence-electron chi connectivity index (χ4n) is 1.71. The van der Waals surface area contributed by atoms with Crippen molar-refractivity contribution in [2.75, 3.05) is 0 Å². The average molecular weight is 256 g/mol. The number of carboxylic acid groups (broad SMARTS) is 1. The quantitative estimate of drug-likeness (QED) is 0.865. The molecule has 1 unspecified atom stereocenters. The second-order valence-electron chi connectivity index (χ2n) is 5.33. The number of carbonyl (C=O) groups is 1. The predicted molar refractivity (Wildman–Crippen MR) is 65.4 cm³/mol. The Hall–Kier alpha value is -1.45. The molecule has 0 saturated heterocycles. The van der Waals surface area contributed by atoms with Gasteiger partial charge in [-0.25, -0.2) is 8.78 Å². The summed E-state index contributed by atoms with van der Waals surface area (Å²) in [5.74, 6) is -2.14. The molecule has 0 amide bonds. The Morgan fingerprint density at radius 3 is 2.22 bits per heavy atom. The van der Waals surface area contributed by atoms with Gasteiger partial charge >= 0.3 is 5.97 Å². The molecule has 0 heterocycles. The number of carboxylic acids is 1. The molecule has 4 heteroatoms. The first kappa shape index (κ1) is 14.6. The van der Waals surface area contributed by atoms with Crippen molar-refractivity contribution in [3.8, 4) is 0 Å². The molecule has 0 bridgehead atoms. The standard InChI is InChI=1S/C14H18F2O2/c1-9(4-5-14(2,3)13(17)18)10-6-11(15)8-12(16)7-10/h6-9H,4-5H2,1-3H3,(H,17,18). The molecule has 0 fully saturated rings. The van der Waals surface area contributed by atoms with Gasteiger partial charge in [0.15, 0.2) is 0 Å². The number of rotatable bonds is 5. The second-order valence-corrected chi connectivity index (χ2v) is 5.33. The van der Waals surface area contributed by atoms with Crippen LogP contribution in [0.2, 0.25) is 0 Å². The van der Waals surface area contributed by atoms with Gasteiger partial charge in [0.25, 0.3) is 0 Å². The number of hydrogen-bond donors (Lipinski definition) is 1. The summed E-state index contributed by atoms with van der Waals surface area (Å²) in [4.78, 5) is 11.0. The van der Waals surface area contributed by atoms with E-state index < -0.39 is 23.0 Å². The molecule has 1 rings (SSSR count). The zero-order valence-corrected chi connectivity index (χ0v) is 10.8. The van der Waals surface area contributed by atoms with Crippen LogP contribution in [0.1, 0.15) is 45.1 Å². The Balaban J connectivity index is 2.71. The molecule has 0 aromatic heterocycles. The Bertz CT molecular complexity index is 421. The molecule has 0 aliphatic carbocycles. The number of hydrogen-bond acceptors (Lipinski definition) is 1. The lowest BCUT2D eigenvalue weighted by Gasteiger charge is -2.21. The van der Waals surface area contributed by atoms with Crippen LogP contribution in [0.15, 0.2) is 18.2 Å². The highest BCUT2D eigenvalue weighted by atomic mass is 19.1. The van der Waals surface area contributed by atoms with Crippen molar-refractivity contribution in [3.05, 3.63) is 35.4 Å². The van der Waals surface area contributed by atoms with E-state index in [2.05, 4.69) is 0 Å². The maximum absolute atomic E-state index is 13.1. The van der Waals surface area contributed by atoms with Crippen LogP contribution >= 0.6 is 0 Å². The summed E-state index contributed by atoms with van der Waals surface area (Å²) < 4.78 is 26.1. The summed E-state index contributed by atoms with van der Waals surface area (Å²) in [5, 5.41) is 8.99. The minimum Gasteiger partial charge on any atom is -0.481 e. The molecule has 2 nitrogen and oxygen atoms in total. The van der Waals surface area contributed by atoms with E-state index >= 15 is 0 Å². The minimum absolute atomic E-state index is 0.0752. The molecule has 18 heavy (non-hydrogen) atoms. The first-order chi connectivity index (χ1) is 8.22. The molecular weight excluding hydrogens is 238 g/mol. The van der Waals surface area contributed by atoms with Gasteiger partial charge in [-0.15, -0.1) is 0 Å². The molecule has 0 aliphatic heterocycles. The van der Waals surface area contributed by atoms with Crippen molar-refractivity contribution in [2.45, 2.75) is 39.5 Å². The zero-order valence-electron chi connectivity index (χ0n) is 10.8. The van der Waals surface area contributed by atoms with Crippen molar-refractivity contribution in [1.29, 1.82) is 0 Å². The molecule has 1 atom stereocenters. The first-order valence-corrected chi connectivity index (χ1v) is 5.92. The van der Waals surface area contributed by atoms with Crippen LogP contribution in [0, 0.1) is 17.0 Å². The van der Waals surface area contributed by atoms with Crippen molar-refractivity contribution in [1.82, 2.24) is 0 Å². The van der Waals surface area contributed by atoms with Crippen LogP contribution < -0.4 is 0 Å². The average Bonchev–Trinajstić information content (AvgIpc) is 2.24. The van der Waals surface area contributed by atoms with Crippen LogP contribution in [0.5, 0.6) is 0 Å². The van der Waals surface area contributed by atoms with Crippen molar-refractivity contribution in [3.63, 3.8) is 0 Å². The molecule has 0 aliphatic rings. The van der Waals surface area contributed by atoms with Gasteiger partial charge in [-0.2, -0.15) is 0 Å². The fraction of sp³-hybridized carbons (Fsp3) is 0.500. The third-order valence-corrected chi connectivity index (χ3v) is 3.24. The van der Waals surface area contributed by atoms with E-state index in [1.165, 1.54) is 12.1 Å². The highest BCUT2D eigenvalue weighted by molar-refractivity contribution is 5.73. The van der Waals surface area contributed by atoms with Gasteiger partial charge in [0.1, 0.15) is 11.6 Å². The van der Waals surface area contributed by atoms with Gasteiger partial charge in [0.05, 0.1) is 5.41 Å². The number of benzene rings is 1. The number of aliphatic carboxylic acids is 1. The molecule has 100 valence electrons. The van der Waals surface area contributed by atoms with Gasteiger partial charge in [-0.3, -0.25) is 4.79 Å². The SMILES string of the molecule is CC(CCC(C)(C)C(=O)O)c1cc(F)cc(F)c1. The van der Waals surface area contributed by atoms with E-state index in [0.29, 0.717) is 18.4 Å². The largest absolute Gasteiger partial charge is 0.481 e. The summed E-state index contributed by atoms with van der Waals surface area (Å²) in [6.45, 7) is 5.13. The normalized spacial score (nSPS) is 13.4. The Morgan fingerprint density at radius 1 is 1.28 bits per heavy atom. The summed E-state index contributed by atoms with van der Waals surface area (Å²) >= 11 is 0. The highest BCUT2D eigenvalue weighted by Crippen LogP contribution is 2.29. The van der Waals surface area contributed by atoms with Crippen LogP contribution in [0.25, 0.3) is 0 Å². The molecule has 1 N–H and O–H groups in total. The summed E-state index contributed by atoms with van der Waals surface area (Å²) in [5.41, 5.74) is -0.256. The lowest BCUT2D eigenvalue weighted by molar-refractivity contribution is -0.147. The third kappa shape index (κ3) is 3.79. The summed E-state index contributed by atoms with van der Waals surface area (Å²) in [6.07, 6.45) is 1.03. The van der Waals surface area contributed by atoms with E-state index in [0.717, 1.165) is 6.07 Å². The second kappa shape index (κ2) is 5.46. The topological polar surface area (TPSA) is 37.3 Å². The van der Waals surface area contributed by atoms with E-state index in [1.807, 2.05) is 6.92 Å². The van der Waals surface area contributed by atoms with Gasteiger partial charge in [-0.05, 0) is 50.3 Å². The molecule has 0 radical (unpaired) electrons. The Kier molecular flexibility index (Phi) is 4.43. The lowest BCUT2D eigenvalue weighted by Crippen LogP contribution is -2.24. The van der Waals surface area contributed by atoms with Gasteiger partial charge in [-0.1, -0.05) is 6.92 Å². The Labute approximate surface area is 106 Å². The lowest BCUT2D eigenvalue weighted by atomic mass is 9.83. The van der Waals surface area contributed by atoms with Gasteiger partial charge < -0.3 is 5.11 Å². The summed E-state index contributed by atoms with van der Waals surface area (Å²) in [7, 11) is 0. The minimum atomic E-state index is -0.861. The van der Waals surface area contributed by atoms with E-state index in [4.69, 9.17) is 5.11 Å². The Morgan fingerprint density at radius 2 is 1.78 bits per heavy atom. The van der Waals surface area contributed by atoms with Crippen LogP contribution in [0.4, 0.5) is 8.78 Å². The van der Waals surface area contributed by atoms with Crippen LogP contribution in [-0.2, 0) is 4.79 Å². The van der Waals surface area contributed by atoms with Crippen LogP contribution in [-0.4, -0.2) is 11.1 Å².